The normalized spacial score (nSPS) is 15.6. The highest BCUT2D eigenvalue weighted by atomic mass is 35.5. The van der Waals surface area contributed by atoms with Crippen molar-refractivity contribution >= 4 is 23.6 Å². The summed E-state index contributed by atoms with van der Waals surface area (Å²) in [5.41, 5.74) is 2.52. The largest absolute Gasteiger partial charge is 0.444 e. The number of carbonyl (C=O) groups is 1. The first-order valence-electron chi connectivity index (χ1n) is 7.17. The summed E-state index contributed by atoms with van der Waals surface area (Å²) in [6.45, 7) is 8.99. The molecule has 0 radical (unpaired) electrons. The molecule has 0 saturated carbocycles. The average molecular weight is 312 g/mol. The van der Waals surface area contributed by atoms with Crippen LogP contribution < -0.4 is 4.84 Å². The van der Waals surface area contributed by atoms with E-state index in [1.807, 2.05) is 20.8 Å². The molecule has 0 atom stereocenters. The molecule has 1 aliphatic heterocycles. The fourth-order valence-corrected chi connectivity index (χ4v) is 2.43. The van der Waals surface area contributed by atoms with Crippen molar-refractivity contribution in [1.29, 1.82) is 0 Å². The van der Waals surface area contributed by atoms with E-state index in [-0.39, 0.29) is 12.0 Å². The molecule has 116 valence electrons. The predicted molar refractivity (Wildman–Crippen MR) is 83.6 cm³/mol. The number of hydrogen-bond acceptors (Lipinski definition) is 4. The van der Waals surface area contributed by atoms with Crippen LogP contribution in [-0.4, -0.2) is 34.7 Å². The van der Waals surface area contributed by atoms with E-state index in [0.29, 0.717) is 13.1 Å². The van der Waals surface area contributed by atoms with Gasteiger partial charge in [0.2, 0.25) is 0 Å². The lowest BCUT2D eigenvalue weighted by molar-refractivity contribution is 0.00787. The zero-order valence-electron chi connectivity index (χ0n) is 12.9. The predicted octanol–water partition coefficient (Wildman–Crippen LogP) is 3.54. The van der Waals surface area contributed by atoms with Crippen molar-refractivity contribution in [2.75, 3.05) is 17.9 Å². The van der Waals surface area contributed by atoms with Gasteiger partial charge in [0.25, 0.3) is 0 Å². The van der Waals surface area contributed by atoms with Crippen molar-refractivity contribution in [3.63, 3.8) is 0 Å². The van der Waals surface area contributed by atoms with Gasteiger partial charge in [-0.25, -0.2) is 4.79 Å². The van der Waals surface area contributed by atoms with Gasteiger partial charge < -0.3 is 9.64 Å². The molecule has 21 heavy (non-hydrogen) atoms. The fraction of sp³-hybridized carbons (Fsp3) is 0.600. The van der Waals surface area contributed by atoms with Crippen molar-refractivity contribution in [1.82, 2.24) is 9.88 Å². The maximum Gasteiger partial charge on any atom is 0.410 e. The number of anilines is 1. The lowest BCUT2D eigenvalue weighted by Gasteiger charge is -2.39. The third-order valence-corrected chi connectivity index (χ3v) is 3.65. The Morgan fingerprint density at radius 2 is 2.19 bits per heavy atom. The topological polar surface area (TPSA) is 54.5 Å². The number of likely N-dealkylation sites (tertiary alicyclic amines) is 1. The number of amides is 1. The van der Waals surface area contributed by atoms with Gasteiger partial charge in [-0.15, -0.1) is 0 Å². The van der Waals surface area contributed by atoms with Crippen LogP contribution in [0, 0.1) is 0 Å². The zero-order chi connectivity index (χ0) is 15.6. The van der Waals surface area contributed by atoms with Crippen LogP contribution in [0.1, 0.15) is 44.9 Å². The zero-order valence-corrected chi connectivity index (χ0v) is 13.7. The third kappa shape index (κ3) is 3.79. The molecule has 1 aromatic rings. The molecule has 0 bridgehead atoms. The first-order chi connectivity index (χ1) is 9.84. The van der Waals surface area contributed by atoms with Crippen LogP contribution in [0.2, 0.25) is 0 Å². The number of halogens is 1. The molecule has 1 amide bonds. The number of ether oxygens (including phenoxy) is 1. The standard InChI is InChI=1S/C15H22ClN3O2/c1-5-10-6-12(17-7-13(10)18-16)11-8-19(9-11)14(20)21-15(2,3)4/h6-7,11,18H,5,8-9H2,1-4H3. The molecule has 1 N–H and O–H groups in total. The third-order valence-electron chi connectivity index (χ3n) is 3.45. The smallest absolute Gasteiger partial charge is 0.410 e. The van der Waals surface area contributed by atoms with Crippen LogP contribution in [0.25, 0.3) is 0 Å². The Labute approximate surface area is 130 Å². The minimum Gasteiger partial charge on any atom is -0.444 e. The summed E-state index contributed by atoms with van der Waals surface area (Å²) >= 11 is 5.66. The highest BCUT2D eigenvalue weighted by molar-refractivity contribution is 6.24. The molecular weight excluding hydrogens is 290 g/mol. The number of aromatic nitrogens is 1. The van der Waals surface area contributed by atoms with Crippen molar-refractivity contribution in [3.05, 3.63) is 23.5 Å². The average Bonchev–Trinajstić information content (AvgIpc) is 2.34. The number of carbonyl (C=O) groups excluding carboxylic acids is 1. The molecular formula is C15H22ClN3O2. The summed E-state index contributed by atoms with van der Waals surface area (Å²) in [5.74, 6) is 0.271. The van der Waals surface area contributed by atoms with Gasteiger partial charge in [-0.1, -0.05) is 6.92 Å². The molecule has 2 heterocycles. The van der Waals surface area contributed by atoms with Gasteiger partial charge in [0, 0.05) is 36.5 Å². The summed E-state index contributed by atoms with van der Waals surface area (Å²) in [7, 11) is 0. The minimum atomic E-state index is -0.455. The van der Waals surface area contributed by atoms with E-state index in [2.05, 4.69) is 22.8 Å². The Morgan fingerprint density at radius 3 is 2.71 bits per heavy atom. The fourth-order valence-electron chi connectivity index (χ4n) is 2.26. The first-order valence-corrected chi connectivity index (χ1v) is 7.55. The number of nitrogens with zero attached hydrogens (tertiary/aromatic N) is 2. The summed E-state index contributed by atoms with van der Waals surface area (Å²) in [5, 5.41) is 0. The van der Waals surface area contributed by atoms with Gasteiger partial charge >= 0.3 is 6.09 Å². The molecule has 1 fully saturated rings. The molecule has 0 aliphatic carbocycles. The van der Waals surface area contributed by atoms with Crippen LogP contribution in [0.4, 0.5) is 10.5 Å². The number of aryl methyl sites for hydroxylation is 1. The lowest BCUT2D eigenvalue weighted by atomic mass is 9.94. The first kappa shape index (κ1) is 15.9. The van der Waals surface area contributed by atoms with Crippen molar-refractivity contribution in [2.45, 2.75) is 45.6 Å². The Morgan fingerprint density at radius 1 is 1.52 bits per heavy atom. The molecule has 0 unspecified atom stereocenters. The summed E-state index contributed by atoms with van der Waals surface area (Å²) in [6, 6.07) is 2.06. The van der Waals surface area contributed by atoms with Crippen LogP contribution >= 0.6 is 11.8 Å². The van der Waals surface area contributed by atoms with Gasteiger partial charge in [-0.05, 0) is 38.8 Å². The number of hydrogen-bond donors (Lipinski definition) is 1. The van der Waals surface area contributed by atoms with E-state index >= 15 is 0 Å². The molecule has 6 heteroatoms. The molecule has 1 aromatic heterocycles. The van der Waals surface area contributed by atoms with E-state index in [4.69, 9.17) is 16.5 Å². The number of pyridine rings is 1. The van der Waals surface area contributed by atoms with Gasteiger partial charge in [-0.3, -0.25) is 9.82 Å². The molecule has 1 saturated heterocycles. The molecule has 1 aliphatic rings. The Bertz CT molecular complexity index is 522. The van der Waals surface area contributed by atoms with Gasteiger partial charge in [-0.2, -0.15) is 0 Å². The second-order valence-electron chi connectivity index (χ2n) is 6.30. The van der Waals surface area contributed by atoms with Gasteiger partial charge in [0.05, 0.1) is 11.9 Å². The van der Waals surface area contributed by atoms with E-state index in [0.717, 1.165) is 23.4 Å². The van der Waals surface area contributed by atoms with E-state index in [9.17, 15) is 4.79 Å². The molecule has 2 rings (SSSR count). The molecule has 5 nitrogen and oxygen atoms in total. The number of nitrogens with one attached hydrogen (secondary N) is 1. The highest BCUT2D eigenvalue weighted by Crippen LogP contribution is 2.29. The van der Waals surface area contributed by atoms with Crippen molar-refractivity contribution < 1.29 is 9.53 Å². The Balaban J connectivity index is 1.97. The monoisotopic (exact) mass is 311 g/mol. The van der Waals surface area contributed by atoms with Crippen LogP contribution in [0.5, 0.6) is 0 Å². The van der Waals surface area contributed by atoms with Crippen molar-refractivity contribution in [3.8, 4) is 0 Å². The van der Waals surface area contributed by atoms with E-state index in [1.54, 1.807) is 11.1 Å². The van der Waals surface area contributed by atoms with E-state index in [1.165, 1.54) is 0 Å². The van der Waals surface area contributed by atoms with E-state index < -0.39 is 5.60 Å². The van der Waals surface area contributed by atoms with Gasteiger partial charge in [0.1, 0.15) is 5.60 Å². The van der Waals surface area contributed by atoms with Crippen LogP contribution in [-0.2, 0) is 11.2 Å². The lowest BCUT2D eigenvalue weighted by Crippen LogP contribution is -2.50. The summed E-state index contributed by atoms with van der Waals surface area (Å²) in [4.78, 5) is 20.7. The van der Waals surface area contributed by atoms with Crippen LogP contribution in [0.3, 0.4) is 0 Å². The van der Waals surface area contributed by atoms with Crippen molar-refractivity contribution in [2.24, 2.45) is 0 Å². The minimum absolute atomic E-state index is 0.256. The number of rotatable bonds is 3. The second-order valence-corrected chi connectivity index (χ2v) is 6.49. The van der Waals surface area contributed by atoms with Crippen LogP contribution in [0.15, 0.2) is 12.3 Å². The SMILES string of the molecule is CCc1cc(C2CN(C(=O)OC(C)(C)C)C2)ncc1NCl. The Hall–Kier alpha value is -1.49. The highest BCUT2D eigenvalue weighted by Gasteiger charge is 2.35. The molecule has 0 spiro atoms. The summed E-state index contributed by atoms with van der Waals surface area (Å²) in [6.07, 6.45) is 2.37. The molecule has 0 aromatic carbocycles. The maximum absolute atomic E-state index is 11.9. The second kappa shape index (κ2) is 6.10. The quantitative estimate of drug-likeness (QED) is 0.867. The summed E-state index contributed by atoms with van der Waals surface area (Å²) < 4.78 is 5.35. The van der Waals surface area contributed by atoms with Gasteiger partial charge in [0.15, 0.2) is 0 Å². The maximum atomic E-state index is 11.9. The Kier molecular flexibility index (Phi) is 4.61.